The highest BCUT2D eigenvalue weighted by Crippen LogP contribution is 2.26. The number of hydrogen-bond acceptors (Lipinski definition) is 5. The van der Waals surface area contributed by atoms with E-state index in [9.17, 15) is 15.0 Å². The van der Waals surface area contributed by atoms with E-state index >= 15 is 0 Å². The van der Waals surface area contributed by atoms with Gasteiger partial charge >= 0.3 is 0 Å². The summed E-state index contributed by atoms with van der Waals surface area (Å²) in [4.78, 5) is 17.9. The van der Waals surface area contributed by atoms with Gasteiger partial charge in [0.25, 0.3) is 0 Å². The number of pyridine rings is 1. The average Bonchev–Trinajstić information content (AvgIpc) is 2.85. The normalized spacial score (nSPS) is 14.5. The average molecular weight is 280 g/mol. The SMILES string of the molecule is CC(=O)SCCC(O)C(O)c1ccnc2[nH]ccc12. The standard InChI is InChI=1S/C13H16N2O3S/c1-8(16)19-7-4-11(17)12(18)9-2-5-14-13-10(9)3-6-15-13/h2-3,5-6,11-12,17-18H,4,7H2,1H3,(H,14,15). The summed E-state index contributed by atoms with van der Waals surface area (Å²) in [5.41, 5.74) is 1.33. The van der Waals surface area contributed by atoms with Gasteiger partial charge in [-0.05, 0) is 24.1 Å². The molecule has 0 aliphatic carbocycles. The van der Waals surface area contributed by atoms with Crippen LogP contribution in [0.5, 0.6) is 0 Å². The van der Waals surface area contributed by atoms with Crippen molar-refractivity contribution < 1.29 is 15.0 Å². The number of fused-ring (bicyclic) bond motifs is 1. The largest absolute Gasteiger partial charge is 0.390 e. The second kappa shape index (κ2) is 6.18. The van der Waals surface area contributed by atoms with E-state index in [0.29, 0.717) is 23.4 Å². The van der Waals surface area contributed by atoms with Crippen LogP contribution in [0.2, 0.25) is 0 Å². The van der Waals surface area contributed by atoms with Gasteiger partial charge in [0.1, 0.15) is 11.8 Å². The predicted molar refractivity (Wildman–Crippen MR) is 74.8 cm³/mol. The molecule has 0 saturated heterocycles. The minimum Gasteiger partial charge on any atom is -0.390 e. The molecule has 0 bridgehead atoms. The van der Waals surface area contributed by atoms with E-state index in [1.165, 1.54) is 6.92 Å². The molecule has 0 amide bonds. The van der Waals surface area contributed by atoms with Gasteiger partial charge < -0.3 is 15.2 Å². The van der Waals surface area contributed by atoms with Crippen LogP contribution < -0.4 is 0 Å². The van der Waals surface area contributed by atoms with Gasteiger partial charge in [0.2, 0.25) is 0 Å². The fourth-order valence-electron chi connectivity index (χ4n) is 1.93. The van der Waals surface area contributed by atoms with E-state index in [1.807, 2.05) is 6.07 Å². The van der Waals surface area contributed by atoms with Gasteiger partial charge in [0.15, 0.2) is 5.12 Å². The lowest BCUT2D eigenvalue weighted by Gasteiger charge is -2.18. The Morgan fingerprint density at radius 1 is 1.47 bits per heavy atom. The monoisotopic (exact) mass is 280 g/mol. The Morgan fingerprint density at radius 2 is 2.26 bits per heavy atom. The molecule has 2 aromatic rings. The molecule has 19 heavy (non-hydrogen) atoms. The molecule has 0 aliphatic rings. The first kappa shape index (κ1) is 14.0. The van der Waals surface area contributed by atoms with Crippen molar-refractivity contribution in [1.82, 2.24) is 9.97 Å². The first-order valence-corrected chi connectivity index (χ1v) is 6.99. The Kier molecular flexibility index (Phi) is 4.57. The van der Waals surface area contributed by atoms with Crippen molar-refractivity contribution >= 4 is 27.9 Å². The van der Waals surface area contributed by atoms with Crippen LogP contribution in [0.15, 0.2) is 24.5 Å². The number of carbonyl (C=O) groups excluding carboxylic acids is 1. The van der Waals surface area contributed by atoms with Crippen molar-refractivity contribution in [1.29, 1.82) is 0 Å². The second-order valence-corrected chi connectivity index (χ2v) is 5.55. The van der Waals surface area contributed by atoms with Gasteiger partial charge in [-0.2, -0.15) is 0 Å². The van der Waals surface area contributed by atoms with E-state index in [-0.39, 0.29) is 5.12 Å². The molecule has 0 radical (unpaired) electrons. The summed E-state index contributed by atoms with van der Waals surface area (Å²) in [6.07, 6.45) is 1.82. The Morgan fingerprint density at radius 3 is 3.00 bits per heavy atom. The van der Waals surface area contributed by atoms with E-state index < -0.39 is 12.2 Å². The van der Waals surface area contributed by atoms with Crippen LogP contribution in [0.3, 0.4) is 0 Å². The zero-order valence-corrected chi connectivity index (χ0v) is 11.4. The number of nitrogens with zero attached hydrogens (tertiary/aromatic N) is 1. The first-order chi connectivity index (χ1) is 9.09. The smallest absolute Gasteiger partial charge is 0.185 e. The number of hydrogen-bond donors (Lipinski definition) is 3. The zero-order valence-electron chi connectivity index (χ0n) is 10.5. The highest BCUT2D eigenvalue weighted by Gasteiger charge is 2.20. The van der Waals surface area contributed by atoms with Crippen LogP contribution in [0.25, 0.3) is 11.0 Å². The molecule has 2 heterocycles. The molecule has 5 nitrogen and oxygen atoms in total. The van der Waals surface area contributed by atoms with Gasteiger partial charge in [-0.3, -0.25) is 4.79 Å². The molecule has 2 rings (SSSR count). The fraction of sp³-hybridized carbons (Fsp3) is 0.385. The van der Waals surface area contributed by atoms with Crippen LogP contribution in [0, 0.1) is 0 Å². The Labute approximate surface area is 115 Å². The van der Waals surface area contributed by atoms with Crippen LogP contribution in [-0.2, 0) is 4.79 Å². The van der Waals surface area contributed by atoms with Crippen LogP contribution >= 0.6 is 11.8 Å². The fourth-order valence-corrected chi connectivity index (χ4v) is 2.58. The number of aromatic amines is 1. The molecule has 0 spiro atoms. The van der Waals surface area contributed by atoms with Crippen LogP contribution in [-0.4, -0.2) is 37.2 Å². The predicted octanol–water partition coefficient (Wildman–Crippen LogP) is 1.63. The molecular formula is C13H16N2O3S. The van der Waals surface area contributed by atoms with Crippen molar-refractivity contribution in [3.05, 3.63) is 30.1 Å². The van der Waals surface area contributed by atoms with Crippen molar-refractivity contribution in [3.8, 4) is 0 Å². The maximum atomic E-state index is 10.8. The van der Waals surface area contributed by atoms with Crippen molar-refractivity contribution in [3.63, 3.8) is 0 Å². The lowest BCUT2D eigenvalue weighted by atomic mass is 10.0. The maximum Gasteiger partial charge on any atom is 0.185 e. The van der Waals surface area contributed by atoms with Crippen molar-refractivity contribution in [2.45, 2.75) is 25.6 Å². The Hall–Kier alpha value is -1.37. The van der Waals surface area contributed by atoms with E-state index in [0.717, 1.165) is 17.1 Å². The van der Waals surface area contributed by atoms with Gasteiger partial charge in [-0.15, -0.1) is 0 Å². The number of aromatic nitrogens is 2. The molecular weight excluding hydrogens is 264 g/mol. The highest BCUT2D eigenvalue weighted by atomic mass is 32.2. The number of thioether (sulfide) groups is 1. The Bertz CT molecular complexity index is 570. The lowest BCUT2D eigenvalue weighted by Crippen LogP contribution is -2.19. The third kappa shape index (κ3) is 3.34. The summed E-state index contributed by atoms with van der Waals surface area (Å²) in [5, 5.41) is 21.0. The molecule has 6 heteroatoms. The van der Waals surface area contributed by atoms with Crippen molar-refractivity contribution in [2.24, 2.45) is 0 Å². The summed E-state index contributed by atoms with van der Waals surface area (Å²) in [6.45, 7) is 1.49. The molecule has 2 atom stereocenters. The van der Waals surface area contributed by atoms with E-state index in [1.54, 1.807) is 18.5 Å². The van der Waals surface area contributed by atoms with Gasteiger partial charge in [0.05, 0.1) is 6.10 Å². The highest BCUT2D eigenvalue weighted by molar-refractivity contribution is 8.13. The minimum atomic E-state index is -0.978. The molecule has 0 saturated carbocycles. The third-order valence-corrected chi connectivity index (χ3v) is 3.74. The number of nitrogens with one attached hydrogen (secondary N) is 1. The number of rotatable bonds is 5. The van der Waals surface area contributed by atoms with E-state index in [2.05, 4.69) is 9.97 Å². The molecule has 0 fully saturated rings. The number of aliphatic hydroxyl groups excluding tert-OH is 2. The number of H-pyrrole nitrogens is 1. The lowest BCUT2D eigenvalue weighted by molar-refractivity contribution is -0.109. The maximum absolute atomic E-state index is 10.8. The number of carbonyl (C=O) groups is 1. The number of aliphatic hydroxyl groups is 2. The molecule has 0 aliphatic heterocycles. The molecule has 102 valence electrons. The summed E-state index contributed by atoms with van der Waals surface area (Å²) < 4.78 is 0. The molecule has 2 unspecified atom stereocenters. The summed E-state index contributed by atoms with van der Waals surface area (Å²) in [7, 11) is 0. The molecule has 0 aromatic carbocycles. The molecule has 3 N–H and O–H groups in total. The van der Waals surface area contributed by atoms with Crippen LogP contribution in [0.1, 0.15) is 25.0 Å². The summed E-state index contributed by atoms with van der Waals surface area (Å²) in [5.74, 6) is 0.495. The van der Waals surface area contributed by atoms with Gasteiger partial charge in [0, 0.05) is 30.5 Å². The third-order valence-electron chi connectivity index (χ3n) is 2.90. The second-order valence-electron chi connectivity index (χ2n) is 4.28. The topological polar surface area (TPSA) is 86.2 Å². The molecule has 2 aromatic heterocycles. The van der Waals surface area contributed by atoms with Crippen molar-refractivity contribution in [2.75, 3.05) is 5.75 Å². The van der Waals surface area contributed by atoms with E-state index in [4.69, 9.17) is 0 Å². The zero-order chi connectivity index (χ0) is 13.8. The summed E-state index contributed by atoms with van der Waals surface area (Å²) in [6, 6.07) is 3.51. The van der Waals surface area contributed by atoms with Gasteiger partial charge in [-0.1, -0.05) is 11.8 Å². The quantitative estimate of drug-likeness (QED) is 0.775. The Balaban J connectivity index is 2.08. The summed E-state index contributed by atoms with van der Waals surface area (Å²) >= 11 is 1.15. The minimum absolute atomic E-state index is 0.0126. The van der Waals surface area contributed by atoms with Crippen LogP contribution in [0.4, 0.5) is 0 Å². The van der Waals surface area contributed by atoms with Gasteiger partial charge in [-0.25, -0.2) is 4.98 Å². The first-order valence-electron chi connectivity index (χ1n) is 6.01.